The lowest BCUT2D eigenvalue weighted by Gasteiger charge is -2.33. The summed E-state index contributed by atoms with van der Waals surface area (Å²) in [5.41, 5.74) is 0. The van der Waals surface area contributed by atoms with Crippen LogP contribution in [0.15, 0.2) is 12.3 Å². The molecule has 0 amide bonds. The Hall–Kier alpha value is -0.910. The van der Waals surface area contributed by atoms with E-state index in [1.807, 2.05) is 4.90 Å². The van der Waals surface area contributed by atoms with Crippen LogP contribution in [-0.2, 0) is 4.74 Å². The van der Waals surface area contributed by atoms with Gasteiger partial charge in [-0.1, -0.05) is 11.6 Å². The summed E-state index contributed by atoms with van der Waals surface area (Å²) < 4.78 is 18.9. The van der Waals surface area contributed by atoms with Crippen molar-refractivity contribution in [1.82, 2.24) is 10.3 Å². The number of pyridine rings is 1. The number of ether oxygens (including phenoxy) is 1. The molecule has 0 aliphatic carbocycles. The van der Waals surface area contributed by atoms with Crippen LogP contribution in [0.5, 0.6) is 0 Å². The lowest BCUT2D eigenvalue weighted by atomic mass is 9.98. The maximum Gasteiger partial charge on any atom is 0.167 e. The van der Waals surface area contributed by atoms with Crippen molar-refractivity contribution in [3.8, 4) is 0 Å². The molecule has 1 aromatic rings. The Morgan fingerprint density at radius 1 is 1.60 bits per heavy atom. The van der Waals surface area contributed by atoms with Crippen molar-refractivity contribution >= 4 is 17.4 Å². The molecule has 0 radical (unpaired) electrons. The molecule has 4 nitrogen and oxygen atoms in total. The van der Waals surface area contributed by atoms with Crippen molar-refractivity contribution in [2.45, 2.75) is 12.8 Å². The summed E-state index contributed by atoms with van der Waals surface area (Å²) in [7, 11) is 1.69. The van der Waals surface area contributed by atoms with E-state index in [9.17, 15) is 4.39 Å². The molecule has 1 N–H and O–H groups in total. The topological polar surface area (TPSA) is 37.4 Å². The first kappa shape index (κ1) is 15.5. The highest BCUT2D eigenvalue weighted by molar-refractivity contribution is 6.30. The molecule has 1 atom stereocenters. The number of piperidine rings is 1. The van der Waals surface area contributed by atoms with Gasteiger partial charge in [0.25, 0.3) is 0 Å². The van der Waals surface area contributed by atoms with Crippen molar-refractivity contribution < 1.29 is 9.13 Å². The molecular formula is C14H21ClFN3O. The third-order valence-electron chi connectivity index (χ3n) is 3.52. The Bertz CT molecular complexity index is 433. The Morgan fingerprint density at radius 3 is 3.20 bits per heavy atom. The molecule has 1 aromatic heterocycles. The first-order valence-corrected chi connectivity index (χ1v) is 7.34. The van der Waals surface area contributed by atoms with E-state index in [4.69, 9.17) is 16.3 Å². The Kier molecular flexibility index (Phi) is 6.01. The molecule has 1 unspecified atom stereocenters. The predicted octanol–water partition coefficient (Wildman–Crippen LogP) is 2.33. The third-order valence-corrected chi connectivity index (χ3v) is 3.73. The Morgan fingerprint density at radius 2 is 2.45 bits per heavy atom. The maximum absolute atomic E-state index is 13.9. The van der Waals surface area contributed by atoms with Gasteiger partial charge < -0.3 is 15.0 Å². The van der Waals surface area contributed by atoms with Gasteiger partial charge in [-0.25, -0.2) is 9.37 Å². The van der Waals surface area contributed by atoms with Gasteiger partial charge in [-0.05, 0) is 31.4 Å². The molecule has 2 heterocycles. The van der Waals surface area contributed by atoms with E-state index in [2.05, 4.69) is 10.3 Å². The van der Waals surface area contributed by atoms with Gasteiger partial charge >= 0.3 is 0 Å². The highest BCUT2D eigenvalue weighted by Crippen LogP contribution is 2.25. The van der Waals surface area contributed by atoms with Gasteiger partial charge in [0.05, 0.1) is 11.6 Å². The van der Waals surface area contributed by atoms with Crippen LogP contribution in [0.1, 0.15) is 12.8 Å². The summed E-state index contributed by atoms with van der Waals surface area (Å²) in [5.74, 6) is 0.582. The van der Waals surface area contributed by atoms with E-state index in [-0.39, 0.29) is 5.82 Å². The summed E-state index contributed by atoms with van der Waals surface area (Å²) in [6, 6.07) is 1.32. The maximum atomic E-state index is 13.9. The number of methoxy groups -OCH3 is 1. The third kappa shape index (κ3) is 4.30. The zero-order chi connectivity index (χ0) is 14.4. The van der Waals surface area contributed by atoms with Crippen molar-refractivity contribution in [3.05, 3.63) is 23.1 Å². The molecule has 20 heavy (non-hydrogen) atoms. The average molecular weight is 302 g/mol. The highest BCUT2D eigenvalue weighted by Gasteiger charge is 2.22. The second-order valence-electron chi connectivity index (χ2n) is 5.11. The van der Waals surface area contributed by atoms with E-state index in [1.165, 1.54) is 12.3 Å². The van der Waals surface area contributed by atoms with Gasteiger partial charge in [0.15, 0.2) is 11.6 Å². The van der Waals surface area contributed by atoms with E-state index in [0.29, 0.717) is 23.4 Å². The predicted molar refractivity (Wildman–Crippen MR) is 78.9 cm³/mol. The van der Waals surface area contributed by atoms with Gasteiger partial charge in [0.2, 0.25) is 0 Å². The highest BCUT2D eigenvalue weighted by atomic mass is 35.5. The summed E-state index contributed by atoms with van der Waals surface area (Å²) in [5, 5.41) is 3.70. The number of nitrogens with zero attached hydrogens (tertiary/aromatic N) is 2. The van der Waals surface area contributed by atoms with E-state index in [1.54, 1.807) is 7.11 Å². The molecule has 0 spiro atoms. The van der Waals surface area contributed by atoms with Gasteiger partial charge in [-0.15, -0.1) is 0 Å². The van der Waals surface area contributed by atoms with Crippen LogP contribution >= 0.6 is 11.6 Å². The van der Waals surface area contributed by atoms with E-state index in [0.717, 1.165) is 39.0 Å². The van der Waals surface area contributed by atoms with Crippen LogP contribution in [0, 0.1) is 11.7 Å². The SMILES string of the molecule is COCCNCC1CCCN(c2ncc(Cl)cc2F)C1. The van der Waals surface area contributed by atoms with Gasteiger partial charge in [-0.3, -0.25) is 0 Å². The van der Waals surface area contributed by atoms with Crippen LogP contribution in [-0.4, -0.2) is 44.9 Å². The minimum Gasteiger partial charge on any atom is -0.383 e. The molecule has 1 aliphatic rings. The summed E-state index contributed by atoms with van der Waals surface area (Å²) in [6.07, 6.45) is 3.71. The zero-order valence-electron chi connectivity index (χ0n) is 11.7. The fourth-order valence-electron chi connectivity index (χ4n) is 2.54. The zero-order valence-corrected chi connectivity index (χ0v) is 12.5. The molecular weight excluding hydrogens is 281 g/mol. The van der Waals surface area contributed by atoms with Crippen LogP contribution < -0.4 is 10.2 Å². The number of halogens is 2. The minimum atomic E-state index is -0.342. The molecule has 1 aliphatic heterocycles. The molecule has 1 saturated heterocycles. The fraction of sp³-hybridized carbons (Fsp3) is 0.643. The first-order chi connectivity index (χ1) is 9.70. The fourth-order valence-corrected chi connectivity index (χ4v) is 2.69. The summed E-state index contributed by atoms with van der Waals surface area (Å²) in [4.78, 5) is 6.14. The largest absolute Gasteiger partial charge is 0.383 e. The van der Waals surface area contributed by atoms with E-state index < -0.39 is 0 Å². The first-order valence-electron chi connectivity index (χ1n) is 6.96. The minimum absolute atomic E-state index is 0.334. The molecule has 0 saturated carbocycles. The van der Waals surface area contributed by atoms with Crippen LogP contribution in [0.4, 0.5) is 10.2 Å². The second-order valence-corrected chi connectivity index (χ2v) is 5.55. The number of nitrogens with one attached hydrogen (secondary N) is 1. The Balaban J connectivity index is 1.89. The number of aromatic nitrogens is 1. The number of hydrogen-bond donors (Lipinski definition) is 1. The lowest BCUT2D eigenvalue weighted by molar-refractivity contribution is 0.197. The molecule has 0 aromatic carbocycles. The van der Waals surface area contributed by atoms with Crippen molar-refractivity contribution in [3.63, 3.8) is 0 Å². The Labute approximate surface area is 124 Å². The quantitative estimate of drug-likeness (QED) is 0.818. The summed E-state index contributed by atoms with van der Waals surface area (Å²) >= 11 is 5.74. The van der Waals surface area contributed by atoms with E-state index >= 15 is 0 Å². The lowest BCUT2D eigenvalue weighted by Crippen LogP contribution is -2.41. The number of hydrogen-bond acceptors (Lipinski definition) is 4. The van der Waals surface area contributed by atoms with Crippen molar-refractivity contribution in [2.75, 3.05) is 44.8 Å². The monoisotopic (exact) mass is 301 g/mol. The number of anilines is 1. The number of rotatable bonds is 6. The van der Waals surface area contributed by atoms with Crippen molar-refractivity contribution in [1.29, 1.82) is 0 Å². The smallest absolute Gasteiger partial charge is 0.167 e. The normalized spacial score (nSPS) is 19.4. The molecule has 1 fully saturated rings. The summed E-state index contributed by atoms with van der Waals surface area (Å²) in [6.45, 7) is 4.16. The molecule has 6 heteroatoms. The van der Waals surface area contributed by atoms with Crippen LogP contribution in [0.25, 0.3) is 0 Å². The standard InChI is InChI=1S/C14H21ClFN3O/c1-20-6-4-17-8-11-3-2-5-19(10-11)14-13(16)7-12(15)9-18-14/h7,9,11,17H,2-6,8,10H2,1H3. The van der Waals surface area contributed by atoms with Crippen LogP contribution in [0.3, 0.4) is 0 Å². The molecule has 2 rings (SSSR count). The molecule has 0 bridgehead atoms. The second kappa shape index (κ2) is 7.76. The van der Waals surface area contributed by atoms with Gasteiger partial charge in [0.1, 0.15) is 0 Å². The molecule has 112 valence electrons. The van der Waals surface area contributed by atoms with Crippen molar-refractivity contribution in [2.24, 2.45) is 5.92 Å². The van der Waals surface area contributed by atoms with Crippen LogP contribution in [0.2, 0.25) is 5.02 Å². The van der Waals surface area contributed by atoms with Gasteiger partial charge in [-0.2, -0.15) is 0 Å². The van der Waals surface area contributed by atoms with Gasteiger partial charge in [0, 0.05) is 32.9 Å². The average Bonchev–Trinajstić information content (AvgIpc) is 2.44.